The lowest BCUT2D eigenvalue weighted by Gasteiger charge is -2.32. The largest absolute Gasteiger partial charge is 0.392 e. The van der Waals surface area contributed by atoms with Crippen LogP contribution in [-0.2, 0) is 4.79 Å². The second-order valence-corrected chi connectivity index (χ2v) is 8.57. The van der Waals surface area contributed by atoms with Gasteiger partial charge in [-0.2, -0.15) is 0 Å². The van der Waals surface area contributed by atoms with Crippen molar-refractivity contribution in [2.45, 2.75) is 98.0 Å². The van der Waals surface area contributed by atoms with Crippen LogP contribution in [0.3, 0.4) is 0 Å². The van der Waals surface area contributed by atoms with E-state index in [0.29, 0.717) is 11.7 Å². The minimum atomic E-state index is -0.408. The van der Waals surface area contributed by atoms with Gasteiger partial charge in [-0.05, 0) is 30.6 Å². The van der Waals surface area contributed by atoms with Crippen molar-refractivity contribution >= 4 is 5.78 Å². The van der Waals surface area contributed by atoms with Crippen molar-refractivity contribution in [3.05, 3.63) is 0 Å². The van der Waals surface area contributed by atoms with E-state index in [-0.39, 0.29) is 16.7 Å². The van der Waals surface area contributed by atoms with E-state index in [1.165, 1.54) is 38.5 Å². The number of aliphatic hydroxyl groups is 1. The summed E-state index contributed by atoms with van der Waals surface area (Å²) in [5.41, 5.74) is -0.126. The van der Waals surface area contributed by atoms with Crippen molar-refractivity contribution in [1.29, 1.82) is 0 Å². The number of Topliss-reactive ketones (excluding diaryl/α,β-unsaturated/α-hetero) is 1. The molecule has 2 nitrogen and oxygen atoms in total. The first-order chi connectivity index (χ1) is 10.4. The fourth-order valence-electron chi connectivity index (χ4n) is 5.09. The van der Waals surface area contributed by atoms with Crippen molar-refractivity contribution in [1.82, 2.24) is 0 Å². The molecule has 2 heteroatoms. The molecule has 1 N–H and O–H groups in total. The van der Waals surface area contributed by atoms with E-state index in [9.17, 15) is 9.90 Å². The molecule has 2 fully saturated rings. The van der Waals surface area contributed by atoms with Crippen LogP contribution in [0, 0.1) is 22.7 Å². The summed E-state index contributed by atoms with van der Waals surface area (Å²) in [5.74, 6) is 0.655. The fraction of sp³-hybridized carbons (Fsp3) is 0.950. The number of hydrogen-bond donors (Lipinski definition) is 1. The van der Waals surface area contributed by atoms with Gasteiger partial charge in [0.15, 0.2) is 0 Å². The van der Waals surface area contributed by atoms with Gasteiger partial charge in [-0.25, -0.2) is 0 Å². The van der Waals surface area contributed by atoms with E-state index in [1.807, 2.05) is 0 Å². The normalized spacial score (nSPS) is 34.3. The molecule has 0 radical (unpaired) electrons. The Hall–Kier alpha value is -0.370. The first-order valence-electron chi connectivity index (χ1n) is 9.58. The highest BCUT2D eigenvalue weighted by Crippen LogP contribution is 2.66. The zero-order valence-electron chi connectivity index (χ0n) is 15.2. The Morgan fingerprint density at radius 2 is 1.68 bits per heavy atom. The van der Waals surface area contributed by atoms with Gasteiger partial charge >= 0.3 is 0 Å². The van der Waals surface area contributed by atoms with Gasteiger partial charge < -0.3 is 5.11 Å². The summed E-state index contributed by atoms with van der Waals surface area (Å²) in [4.78, 5) is 12.8. The number of hydrogen-bond acceptors (Lipinski definition) is 2. The minimum Gasteiger partial charge on any atom is -0.392 e. The Balaban J connectivity index is 1.77. The monoisotopic (exact) mass is 308 g/mol. The van der Waals surface area contributed by atoms with Crippen LogP contribution in [0.15, 0.2) is 0 Å². The molecular formula is C20H36O2. The van der Waals surface area contributed by atoms with Crippen LogP contribution in [0.5, 0.6) is 0 Å². The van der Waals surface area contributed by atoms with E-state index >= 15 is 0 Å². The topological polar surface area (TPSA) is 37.3 Å². The van der Waals surface area contributed by atoms with Crippen LogP contribution in [-0.4, -0.2) is 17.0 Å². The Bertz CT molecular complexity index is 387. The molecule has 0 spiro atoms. The molecule has 0 aliphatic heterocycles. The highest BCUT2D eigenvalue weighted by molar-refractivity contribution is 5.92. The number of unbranched alkanes of at least 4 members (excludes halogenated alkanes) is 6. The van der Waals surface area contributed by atoms with Gasteiger partial charge in [0.1, 0.15) is 5.78 Å². The molecule has 0 aromatic carbocycles. The number of rotatable bonds is 9. The van der Waals surface area contributed by atoms with Gasteiger partial charge in [0, 0.05) is 11.3 Å². The van der Waals surface area contributed by atoms with Crippen LogP contribution in [0.2, 0.25) is 0 Å². The van der Waals surface area contributed by atoms with E-state index in [1.54, 1.807) is 0 Å². The van der Waals surface area contributed by atoms with Crippen LogP contribution in [0.1, 0.15) is 91.9 Å². The van der Waals surface area contributed by atoms with Crippen molar-refractivity contribution < 1.29 is 9.90 Å². The maximum absolute atomic E-state index is 12.8. The fourth-order valence-corrected chi connectivity index (χ4v) is 5.09. The predicted molar refractivity (Wildman–Crippen MR) is 91.7 cm³/mol. The maximum atomic E-state index is 12.8. The summed E-state index contributed by atoms with van der Waals surface area (Å²) in [7, 11) is 0. The van der Waals surface area contributed by atoms with Gasteiger partial charge in [-0.1, -0.05) is 72.6 Å². The second-order valence-electron chi connectivity index (χ2n) is 8.57. The SMILES string of the molecule is CCCCCCCCC[C@H](O)[C@H]1C(=O)[C@]2(C)CC[C@H]1C2(C)C. The standard InChI is InChI=1S/C20H36O2/c1-5-6-7-8-9-10-11-12-16(21)17-15-13-14-20(4,18(17)22)19(15,2)3/h15-17,21H,5-14H2,1-4H3/t15-,16+,17+,20+/m1/s1. The van der Waals surface area contributed by atoms with Gasteiger partial charge in [-0.3, -0.25) is 4.79 Å². The molecule has 0 aromatic heterocycles. The summed E-state index contributed by atoms with van der Waals surface area (Å²) in [6.45, 7) is 8.85. The summed E-state index contributed by atoms with van der Waals surface area (Å²) >= 11 is 0. The third kappa shape index (κ3) is 3.00. The average Bonchev–Trinajstić information content (AvgIpc) is 2.78. The van der Waals surface area contributed by atoms with Gasteiger partial charge in [-0.15, -0.1) is 0 Å². The molecule has 0 heterocycles. The third-order valence-electron chi connectivity index (χ3n) is 7.10. The molecule has 2 aliphatic carbocycles. The molecule has 2 bridgehead atoms. The molecule has 4 atom stereocenters. The zero-order valence-corrected chi connectivity index (χ0v) is 15.2. The first kappa shape index (κ1) is 18.0. The molecule has 0 saturated heterocycles. The van der Waals surface area contributed by atoms with E-state index in [2.05, 4.69) is 27.7 Å². The average molecular weight is 309 g/mol. The summed E-state index contributed by atoms with van der Waals surface area (Å²) in [6.07, 6.45) is 11.4. The summed E-state index contributed by atoms with van der Waals surface area (Å²) in [6, 6.07) is 0. The van der Waals surface area contributed by atoms with E-state index < -0.39 is 6.10 Å². The summed E-state index contributed by atoms with van der Waals surface area (Å²) in [5, 5.41) is 10.6. The number of ketones is 1. The third-order valence-corrected chi connectivity index (χ3v) is 7.10. The van der Waals surface area contributed by atoms with Crippen LogP contribution < -0.4 is 0 Å². The number of carbonyl (C=O) groups is 1. The van der Waals surface area contributed by atoms with Crippen molar-refractivity contribution in [3.63, 3.8) is 0 Å². The number of fused-ring (bicyclic) bond motifs is 2. The quantitative estimate of drug-likeness (QED) is 0.600. The molecule has 0 amide bonds. The molecule has 2 rings (SSSR count). The van der Waals surface area contributed by atoms with E-state index in [4.69, 9.17) is 0 Å². The van der Waals surface area contributed by atoms with Crippen LogP contribution >= 0.6 is 0 Å². The van der Waals surface area contributed by atoms with Gasteiger partial charge in [0.2, 0.25) is 0 Å². The number of aliphatic hydroxyl groups excluding tert-OH is 1. The Morgan fingerprint density at radius 3 is 2.23 bits per heavy atom. The second kappa shape index (κ2) is 7.03. The lowest BCUT2D eigenvalue weighted by Crippen LogP contribution is -2.37. The Kier molecular flexibility index (Phi) is 5.74. The lowest BCUT2D eigenvalue weighted by atomic mass is 9.70. The lowest BCUT2D eigenvalue weighted by molar-refractivity contribution is -0.135. The number of carbonyl (C=O) groups excluding carboxylic acids is 1. The molecule has 22 heavy (non-hydrogen) atoms. The van der Waals surface area contributed by atoms with Crippen LogP contribution in [0.4, 0.5) is 0 Å². The highest BCUT2D eigenvalue weighted by atomic mass is 16.3. The summed E-state index contributed by atoms with van der Waals surface area (Å²) < 4.78 is 0. The van der Waals surface area contributed by atoms with E-state index in [0.717, 1.165) is 25.7 Å². The Morgan fingerprint density at radius 1 is 1.09 bits per heavy atom. The first-order valence-corrected chi connectivity index (χ1v) is 9.58. The molecule has 0 unspecified atom stereocenters. The van der Waals surface area contributed by atoms with Gasteiger partial charge in [0.25, 0.3) is 0 Å². The predicted octanol–water partition coefficient (Wildman–Crippen LogP) is 5.13. The molecular weight excluding hydrogens is 272 g/mol. The van der Waals surface area contributed by atoms with Crippen molar-refractivity contribution in [2.75, 3.05) is 0 Å². The molecule has 0 aromatic rings. The van der Waals surface area contributed by atoms with Gasteiger partial charge in [0.05, 0.1) is 6.10 Å². The smallest absolute Gasteiger partial charge is 0.145 e. The molecule has 2 aliphatic rings. The van der Waals surface area contributed by atoms with Crippen molar-refractivity contribution in [3.8, 4) is 0 Å². The zero-order chi connectivity index (χ0) is 16.4. The molecule has 128 valence electrons. The Labute approximate surface area is 137 Å². The molecule has 2 saturated carbocycles. The maximum Gasteiger partial charge on any atom is 0.145 e. The highest BCUT2D eigenvalue weighted by Gasteiger charge is 2.67. The van der Waals surface area contributed by atoms with Crippen molar-refractivity contribution in [2.24, 2.45) is 22.7 Å². The minimum absolute atomic E-state index is 0.0654. The van der Waals surface area contributed by atoms with Crippen LogP contribution in [0.25, 0.3) is 0 Å².